The summed E-state index contributed by atoms with van der Waals surface area (Å²) in [5.74, 6) is -1.19. The summed E-state index contributed by atoms with van der Waals surface area (Å²) in [7, 11) is -2.27. The smallest absolute Gasteiger partial charge is 0.320 e. The van der Waals surface area contributed by atoms with Crippen LogP contribution in [0.1, 0.15) is 6.42 Å². The van der Waals surface area contributed by atoms with Crippen molar-refractivity contribution in [2.24, 2.45) is 0 Å². The van der Waals surface area contributed by atoms with Gasteiger partial charge in [-0.05, 0) is 50.3 Å². The largest absolute Gasteiger partial charge is 0.331 e. The molecule has 0 unspecified atom stereocenters. The van der Waals surface area contributed by atoms with Gasteiger partial charge in [-0.1, -0.05) is 12.1 Å². The Bertz CT molecular complexity index is 858. The minimum Gasteiger partial charge on any atom is -0.320 e. The van der Waals surface area contributed by atoms with Crippen molar-refractivity contribution in [3.05, 3.63) is 54.1 Å². The second-order valence-corrected chi connectivity index (χ2v) is 7.09. The number of benzene rings is 2. The zero-order valence-corrected chi connectivity index (χ0v) is 13.9. The van der Waals surface area contributed by atoms with Gasteiger partial charge in [0.15, 0.2) is 0 Å². The lowest BCUT2D eigenvalue weighted by Gasteiger charge is -2.21. The first-order valence-electron chi connectivity index (χ1n) is 7.48. The summed E-state index contributed by atoms with van der Waals surface area (Å²) in [5, 5.41) is 2.93. The number of para-hydroxylation sites is 1. The van der Waals surface area contributed by atoms with Crippen LogP contribution >= 0.6 is 0 Å². The molecule has 0 aliphatic carbocycles. The van der Waals surface area contributed by atoms with Crippen molar-refractivity contribution in [3.63, 3.8) is 0 Å². The maximum absolute atomic E-state index is 14.3. The van der Waals surface area contributed by atoms with Gasteiger partial charge in [-0.3, -0.25) is 0 Å². The molecule has 0 bridgehead atoms. The van der Waals surface area contributed by atoms with Gasteiger partial charge < -0.3 is 5.32 Å². The van der Waals surface area contributed by atoms with E-state index in [0.29, 0.717) is 13.0 Å². The molecule has 3 rings (SSSR count). The Morgan fingerprint density at radius 1 is 1.12 bits per heavy atom. The Kier molecular flexibility index (Phi) is 4.42. The van der Waals surface area contributed by atoms with E-state index in [9.17, 15) is 17.2 Å². The first-order valence-corrected chi connectivity index (χ1v) is 8.88. The standard InChI is InChI=1S/C16H17F2N3O2S/c1-19-9-4-10-20-16-14(18)7-3-8-15(16)21(24(20,22)23)13-6-2-5-12(17)11-13/h2-3,5-8,11,19H,4,9-10H2,1H3. The molecule has 2 aromatic carbocycles. The third kappa shape index (κ3) is 2.71. The molecule has 128 valence electrons. The van der Waals surface area contributed by atoms with Crippen LogP contribution in [0.2, 0.25) is 0 Å². The number of rotatable bonds is 5. The molecule has 1 aliphatic heterocycles. The van der Waals surface area contributed by atoms with E-state index in [2.05, 4.69) is 5.32 Å². The lowest BCUT2D eigenvalue weighted by Crippen LogP contribution is -2.37. The summed E-state index contributed by atoms with van der Waals surface area (Å²) < 4.78 is 55.8. The van der Waals surface area contributed by atoms with Crippen molar-refractivity contribution in [2.75, 3.05) is 28.7 Å². The highest BCUT2D eigenvalue weighted by atomic mass is 32.2. The third-order valence-corrected chi connectivity index (χ3v) is 5.56. The summed E-state index contributed by atoms with van der Waals surface area (Å²) in [5.41, 5.74) is 0.320. The minimum absolute atomic E-state index is 0.00198. The van der Waals surface area contributed by atoms with E-state index in [1.807, 2.05) is 0 Å². The van der Waals surface area contributed by atoms with E-state index in [-0.39, 0.29) is 23.6 Å². The van der Waals surface area contributed by atoms with Gasteiger partial charge in [-0.15, -0.1) is 0 Å². The molecular weight excluding hydrogens is 336 g/mol. The Morgan fingerprint density at radius 3 is 2.58 bits per heavy atom. The fraction of sp³-hybridized carbons (Fsp3) is 0.250. The number of hydrogen-bond donors (Lipinski definition) is 1. The van der Waals surface area contributed by atoms with E-state index in [4.69, 9.17) is 0 Å². The first kappa shape index (κ1) is 16.7. The molecule has 1 heterocycles. The van der Waals surface area contributed by atoms with Crippen molar-refractivity contribution in [1.29, 1.82) is 0 Å². The topological polar surface area (TPSA) is 52.6 Å². The number of fused-ring (bicyclic) bond motifs is 1. The molecule has 0 saturated heterocycles. The number of anilines is 3. The van der Waals surface area contributed by atoms with Gasteiger partial charge in [-0.2, -0.15) is 8.42 Å². The fourth-order valence-electron chi connectivity index (χ4n) is 2.75. The van der Waals surface area contributed by atoms with Gasteiger partial charge in [-0.25, -0.2) is 17.4 Å². The normalized spacial score (nSPS) is 15.6. The fourth-order valence-corrected chi connectivity index (χ4v) is 4.50. The number of hydrogen-bond acceptors (Lipinski definition) is 3. The molecule has 2 aromatic rings. The van der Waals surface area contributed by atoms with Crippen LogP contribution in [-0.4, -0.2) is 28.6 Å². The Labute approximate surface area is 139 Å². The SMILES string of the molecule is CNCCCN1c2c(F)cccc2N(c2cccc(F)c2)S1(=O)=O. The Balaban J connectivity index is 2.13. The Morgan fingerprint density at radius 2 is 1.88 bits per heavy atom. The Hall–Kier alpha value is -2.19. The highest BCUT2D eigenvalue weighted by Gasteiger charge is 2.42. The summed E-state index contributed by atoms with van der Waals surface area (Å²) >= 11 is 0. The zero-order chi connectivity index (χ0) is 17.3. The lowest BCUT2D eigenvalue weighted by molar-refractivity contribution is 0.587. The summed E-state index contributed by atoms with van der Waals surface area (Å²) in [6.07, 6.45) is 0.514. The van der Waals surface area contributed by atoms with E-state index in [0.717, 1.165) is 14.7 Å². The van der Waals surface area contributed by atoms with Crippen molar-refractivity contribution >= 4 is 27.3 Å². The zero-order valence-electron chi connectivity index (χ0n) is 13.0. The maximum Gasteiger partial charge on any atom is 0.331 e. The van der Waals surface area contributed by atoms with Gasteiger partial charge in [0.1, 0.15) is 17.3 Å². The second-order valence-electron chi connectivity index (χ2n) is 5.39. The molecule has 0 spiro atoms. The highest BCUT2D eigenvalue weighted by Crippen LogP contribution is 2.46. The molecule has 0 saturated carbocycles. The first-order chi connectivity index (χ1) is 11.5. The van der Waals surface area contributed by atoms with Gasteiger partial charge in [0.2, 0.25) is 0 Å². The minimum atomic E-state index is -4.03. The maximum atomic E-state index is 14.3. The van der Waals surface area contributed by atoms with Gasteiger partial charge in [0, 0.05) is 6.54 Å². The van der Waals surface area contributed by atoms with E-state index < -0.39 is 21.8 Å². The molecule has 0 radical (unpaired) electrons. The van der Waals surface area contributed by atoms with Crippen LogP contribution in [0.15, 0.2) is 42.5 Å². The van der Waals surface area contributed by atoms with Gasteiger partial charge >= 0.3 is 10.2 Å². The molecule has 0 fully saturated rings. The predicted octanol–water partition coefficient (Wildman–Crippen LogP) is 2.78. The average molecular weight is 353 g/mol. The van der Waals surface area contributed by atoms with Crippen LogP contribution in [0, 0.1) is 11.6 Å². The summed E-state index contributed by atoms with van der Waals surface area (Å²) in [6, 6.07) is 9.41. The van der Waals surface area contributed by atoms with E-state index >= 15 is 0 Å². The van der Waals surface area contributed by atoms with Crippen molar-refractivity contribution in [1.82, 2.24) is 5.32 Å². The van der Waals surface area contributed by atoms with Crippen LogP contribution in [0.25, 0.3) is 0 Å². The predicted molar refractivity (Wildman–Crippen MR) is 89.7 cm³/mol. The van der Waals surface area contributed by atoms with E-state index in [1.165, 1.54) is 36.4 Å². The molecule has 0 aromatic heterocycles. The lowest BCUT2D eigenvalue weighted by atomic mass is 10.2. The third-order valence-electron chi connectivity index (χ3n) is 3.77. The van der Waals surface area contributed by atoms with Crippen LogP contribution < -0.4 is 13.9 Å². The van der Waals surface area contributed by atoms with Crippen molar-refractivity contribution < 1.29 is 17.2 Å². The van der Waals surface area contributed by atoms with Crippen molar-refractivity contribution in [3.8, 4) is 0 Å². The number of halogens is 2. The van der Waals surface area contributed by atoms with Crippen LogP contribution in [0.5, 0.6) is 0 Å². The van der Waals surface area contributed by atoms with Gasteiger partial charge in [0.05, 0.1) is 11.4 Å². The molecule has 1 N–H and O–H groups in total. The van der Waals surface area contributed by atoms with Gasteiger partial charge in [0.25, 0.3) is 0 Å². The molecule has 24 heavy (non-hydrogen) atoms. The number of nitrogens with one attached hydrogen (secondary N) is 1. The molecule has 8 heteroatoms. The van der Waals surface area contributed by atoms with Crippen LogP contribution in [0.3, 0.4) is 0 Å². The molecule has 1 aliphatic rings. The van der Waals surface area contributed by atoms with Crippen molar-refractivity contribution in [2.45, 2.75) is 6.42 Å². The quantitative estimate of drug-likeness (QED) is 0.841. The van der Waals surface area contributed by atoms with E-state index in [1.54, 1.807) is 7.05 Å². The summed E-state index contributed by atoms with van der Waals surface area (Å²) in [4.78, 5) is 0. The molecule has 5 nitrogen and oxygen atoms in total. The molecular formula is C16H17F2N3O2S. The number of nitrogens with zero attached hydrogens (tertiary/aromatic N) is 2. The molecule has 0 amide bonds. The summed E-state index contributed by atoms with van der Waals surface area (Å²) in [6.45, 7) is 0.721. The average Bonchev–Trinajstić information content (AvgIpc) is 2.76. The highest BCUT2D eigenvalue weighted by molar-refractivity contribution is 7.95. The molecule has 0 atom stereocenters. The van der Waals surface area contributed by atoms with Crippen LogP contribution in [-0.2, 0) is 10.2 Å². The van der Waals surface area contributed by atoms with Crippen LogP contribution in [0.4, 0.5) is 25.8 Å². The monoisotopic (exact) mass is 353 g/mol. The second kappa shape index (κ2) is 6.37.